The molecule has 1 aromatic rings. The van der Waals surface area contributed by atoms with Crippen molar-refractivity contribution >= 4 is 29.3 Å². The van der Waals surface area contributed by atoms with Crippen molar-refractivity contribution in [1.29, 1.82) is 0 Å². The van der Waals surface area contributed by atoms with Gasteiger partial charge in [-0.25, -0.2) is 0 Å². The molecule has 0 spiro atoms. The molecule has 0 saturated heterocycles. The van der Waals surface area contributed by atoms with Gasteiger partial charge in [0.2, 0.25) is 5.91 Å². The Morgan fingerprint density at radius 3 is 2.53 bits per heavy atom. The van der Waals surface area contributed by atoms with E-state index in [1.165, 1.54) is 0 Å². The maximum absolute atomic E-state index is 11.6. The van der Waals surface area contributed by atoms with Crippen LogP contribution in [0.15, 0.2) is 30.3 Å². The number of carboxylic acid groups (broad SMARTS) is 1. The number of hydrogen-bond donors (Lipinski definition) is 2. The van der Waals surface area contributed by atoms with E-state index in [4.69, 9.17) is 5.11 Å². The van der Waals surface area contributed by atoms with E-state index in [1.807, 2.05) is 30.3 Å². The Kier molecular flexibility index (Phi) is 7.74. The molecule has 5 heteroatoms. The Morgan fingerprint density at radius 2 is 1.84 bits per heavy atom. The first-order valence-electron chi connectivity index (χ1n) is 6.33. The largest absolute Gasteiger partial charge is 0.481 e. The topological polar surface area (TPSA) is 66.4 Å². The molecule has 4 nitrogen and oxygen atoms in total. The van der Waals surface area contributed by atoms with Crippen LogP contribution in [-0.4, -0.2) is 28.5 Å². The second-order valence-corrected chi connectivity index (χ2v) is 5.28. The van der Waals surface area contributed by atoms with Gasteiger partial charge in [0.15, 0.2) is 0 Å². The van der Waals surface area contributed by atoms with Gasteiger partial charge in [-0.3, -0.25) is 9.59 Å². The average Bonchev–Trinajstić information content (AvgIpc) is 2.38. The highest BCUT2D eigenvalue weighted by atomic mass is 32.2. The maximum Gasteiger partial charge on any atom is 0.303 e. The Hall–Kier alpha value is -1.49. The average molecular weight is 281 g/mol. The summed E-state index contributed by atoms with van der Waals surface area (Å²) in [6.45, 7) is 0. The smallest absolute Gasteiger partial charge is 0.303 e. The third kappa shape index (κ3) is 8.26. The molecular formula is C14H19NO3S. The summed E-state index contributed by atoms with van der Waals surface area (Å²) in [5.41, 5.74) is 0.814. The zero-order valence-electron chi connectivity index (χ0n) is 10.8. The number of para-hydroxylation sites is 1. The monoisotopic (exact) mass is 281 g/mol. The van der Waals surface area contributed by atoms with Gasteiger partial charge in [-0.1, -0.05) is 24.6 Å². The number of nitrogens with one attached hydrogen (secondary N) is 1. The number of anilines is 1. The van der Waals surface area contributed by atoms with Gasteiger partial charge in [0.05, 0.1) is 5.75 Å². The van der Waals surface area contributed by atoms with Crippen LogP contribution < -0.4 is 5.32 Å². The molecule has 0 heterocycles. The highest BCUT2D eigenvalue weighted by Crippen LogP contribution is 2.10. The van der Waals surface area contributed by atoms with E-state index >= 15 is 0 Å². The minimum atomic E-state index is -0.741. The molecule has 0 aromatic heterocycles. The van der Waals surface area contributed by atoms with Crippen molar-refractivity contribution in [2.24, 2.45) is 0 Å². The van der Waals surface area contributed by atoms with Crippen LogP contribution in [0, 0.1) is 0 Å². The minimum absolute atomic E-state index is 0.00161. The molecule has 0 aliphatic carbocycles. The number of amides is 1. The molecule has 1 rings (SSSR count). The van der Waals surface area contributed by atoms with Crippen molar-refractivity contribution < 1.29 is 14.7 Å². The first-order chi connectivity index (χ1) is 9.18. The summed E-state index contributed by atoms with van der Waals surface area (Å²) in [4.78, 5) is 21.9. The molecule has 0 fully saturated rings. The number of benzene rings is 1. The van der Waals surface area contributed by atoms with Crippen molar-refractivity contribution in [1.82, 2.24) is 0 Å². The standard InChI is InChI=1S/C14H19NO3S/c16-13(15-12-7-3-1-4-8-12)11-19-10-6-2-5-9-14(17)18/h1,3-4,7-8H,2,5-6,9-11H2,(H,15,16)(H,17,18). The Bertz CT molecular complexity index is 395. The number of carboxylic acids is 1. The van der Waals surface area contributed by atoms with Crippen molar-refractivity contribution in [3.8, 4) is 0 Å². The lowest BCUT2D eigenvalue weighted by atomic mass is 10.2. The number of hydrogen-bond acceptors (Lipinski definition) is 3. The van der Waals surface area contributed by atoms with Gasteiger partial charge in [-0.05, 0) is 30.7 Å². The summed E-state index contributed by atoms with van der Waals surface area (Å²) >= 11 is 1.58. The van der Waals surface area contributed by atoms with E-state index in [9.17, 15) is 9.59 Å². The van der Waals surface area contributed by atoms with Crippen molar-refractivity contribution in [2.75, 3.05) is 16.8 Å². The molecule has 0 aliphatic heterocycles. The zero-order valence-corrected chi connectivity index (χ0v) is 11.6. The molecule has 0 bridgehead atoms. The molecule has 0 aliphatic rings. The quantitative estimate of drug-likeness (QED) is 0.683. The summed E-state index contributed by atoms with van der Waals surface area (Å²) in [5.74, 6) is 0.590. The van der Waals surface area contributed by atoms with Crippen molar-refractivity contribution in [3.63, 3.8) is 0 Å². The van der Waals surface area contributed by atoms with E-state index in [0.717, 1.165) is 24.3 Å². The molecule has 2 N–H and O–H groups in total. The first-order valence-corrected chi connectivity index (χ1v) is 7.48. The molecular weight excluding hydrogens is 262 g/mol. The normalized spacial score (nSPS) is 10.1. The number of aliphatic carboxylic acids is 1. The van der Waals surface area contributed by atoms with Crippen LogP contribution in [0.4, 0.5) is 5.69 Å². The summed E-state index contributed by atoms with van der Waals surface area (Å²) in [6.07, 6.45) is 2.81. The predicted molar refractivity (Wildman–Crippen MR) is 78.5 cm³/mol. The number of unbranched alkanes of at least 4 members (excludes halogenated alkanes) is 2. The van der Waals surface area contributed by atoms with E-state index in [2.05, 4.69) is 5.32 Å². The number of carbonyl (C=O) groups is 2. The van der Waals surface area contributed by atoms with Crippen LogP contribution in [0.1, 0.15) is 25.7 Å². The highest BCUT2D eigenvalue weighted by Gasteiger charge is 2.02. The molecule has 1 amide bonds. The van der Waals surface area contributed by atoms with Gasteiger partial charge in [0, 0.05) is 12.1 Å². The number of carbonyl (C=O) groups excluding carboxylic acids is 1. The van der Waals surface area contributed by atoms with Crippen LogP contribution in [-0.2, 0) is 9.59 Å². The second-order valence-electron chi connectivity index (χ2n) is 4.17. The zero-order chi connectivity index (χ0) is 13.9. The fourth-order valence-electron chi connectivity index (χ4n) is 1.54. The lowest BCUT2D eigenvalue weighted by molar-refractivity contribution is -0.137. The summed E-state index contributed by atoms with van der Waals surface area (Å²) < 4.78 is 0. The van der Waals surface area contributed by atoms with Crippen LogP contribution >= 0.6 is 11.8 Å². The van der Waals surface area contributed by atoms with Gasteiger partial charge in [-0.2, -0.15) is 11.8 Å². The van der Waals surface area contributed by atoms with Crippen LogP contribution in [0.3, 0.4) is 0 Å². The van der Waals surface area contributed by atoms with Gasteiger partial charge >= 0.3 is 5.97 Å². The van der Waals surface area contributed by atoms with Crippen molar-refractivity contribution in [3.05, 3.63) is 30.3 Å². The Balaban J connectivity index is 2.00. The number of thioether (sulfide) groups is 1. The second kappa shape index (κ2) is 9.44. The molecule has 104 valence electrons. The summed E-state index contributed by atoms with van der Waals surface area (Å²) in [5, 5.41) is 11.3. The fourth-order valence-corrected chi connectivity index (χ4v) is 2.35. The van der Waals surface area contributed by atoms with Gasteiger partial charge in [0.25, 0.3) is 0 Å². The highest BCUT2D eigenvalue weighted by molar-refractivity contribution is 7.99. The fraction of sp³-hybridized carbons (Fsp3) is 0.429. The van der Waals surface area contributed by atoms with Crippen LogP contribution in [0.25, 0.3) is 0 Å². The van der Waals surface area contributed by atoms with E-state index in [1.54, 1.807) is 11.8 Å². The summed E-state index contributed by atoms with van der Waals surface area (Å²) in [7, 11) is 0. The molecule has 1 aromatic carbocycles. The number of rotatable bonds is 9. The predicted octanol–water partition coefficient (Wildman–Crippen LogP) is 3.00. The molecule has 19 heavy (non-hydrogen) atoms. The first kappa shape index (κ1) is 15.6. The third-order valence-electron chi connectivity index (χ3n) is 2.47. The molecule has 0 saturated carbocycles. The minimum Gasteiger partial charge on any atom is -0.481 e. The molecule has 0 radical (unpaired) electrons. The third-order valence-corrected chi connectivity index (χ3v) is 3.51. The van der Waals surface area contributed by atoms with E-state index in [-0.39, 0.29) is 12.3 Å². The van der Waals surface area contributed by atoms with Gasteiger partial charge < -0.3 is 10.4 Å². The van der Waals surface area contributed by atoms with Crippen molar-refractivity contribution in [2.45, 2.75) is 25.7 Å². The Morgan fingerprint density at radius 1 is 1.11 bits per heavy atom. The lowest BCUT2D eigenvalue weighted by Crippen LogP contribution is -2.14. The molecule has 0 atom stereocenters. The molecule has 0 unspecified atom stereocenters. The summed E-state index contributed by atoms with van der Waals surface area (Å²) in [6, 6.07) is 9.38. The Labute approximate surface area is 117 Å². The van der Waals surface area contributed by atoms with Gasteiger partial charge in [-0.15, -0.1) is 0 Å². The van der Waals surface area contributed by atoms with E-state index < -0.39 is 5.97 Å². The van der Waals surface area contributed by atoms with E-state index in [0.29, 0.717) is 12.2 Å². The van der Waals surface area contributed by atoms with Crippen LogP contribution in [0.2, 0.25) is 0 Å². The SMILES string of the molecule is O=C(O)CCCCCSCC(=O)Nc1ccccc1. The lowest BCUT2D eigenvalue weighted by Gasteiger charge is -2.04. The van der Waals surface area contributed by atoms with Gasteiger partial charge in [0.1, 0.15) is 0 Å². The maximum atomic E-state index is 11.6. The van der Waals surface area contributed by atoms with Crippen LogP contribution in [0.5, 0.6) is 0 Å².